The first-order valence-electron chi connectivity index (χ1n) is 11.1. The molecule has 0 radical (unpaired) electrons. The average molecular weight is 526 g/mol. The number of methoxy groups -OCH3 is 1. The molecule has 37 heavy (non-hydrogen) atoms. The maximum atomic E-state index is 15.6. The number of hydrogen-bond donors (Lipinski definition) is 2. The second-order valence-electron chi connectivity index (χ2n) is 8.54. The first kappa shape index (κ1) is 26.0. The fraction of sp³-hybridized carbons (Fsp3) is 0.391. The summed E-state index contributed by atoms with van der Waals surface area (Å²) in [5.74, 6) is -7.21. The highest BCUT2D eigenvalue weighted by molar-refractivity contribution is 5.99. The van der Waals surface area contributed by atoms with Crippen LogP contribution in [0.2, 0.25) is 0 Å². The Bertz CT molecular complexity index is 1320. The van der Waals surface area contributed by atoms with Gasteiger partial charge in [-0.2, -0.15) is 0 Å². The number of rotatable bonds is 3. The van der Waals surface area contributed by atoms with Crippen LogP contribution in [0.25, 0.3) is 0 Å². The number of ether oxygens (including phenoxy) is 1. The minimum Gasteiger partial charge on any atom is -0.503 e. The summed E-state index contributed by atoms with van der Waals surface area (Å²) in [4.78, 5) is 45.2. The lowest BCUT2D eigenvalue weighted by atomic mass is 10.0. The molecule has 0 aliphatic carbocycles. The quantitative estimate of drug-likeness (QED) is 0.590. The van der Waals surface area contributed by atoms with Crippen LogP contribution in [0.3, 0.4) is 0 Å². The predicted octanol–water partition coefficient (Wildman–Crippen LogP) is 2.00. The molecule has 3 atom stereocenters. The van der Waals surface area contributed by atoms with E-state index in [0.29, 0.717) is 18.6 Å². The van der Waals surface area contributed by atoms with E-state index < -0.39 is 88.0 Å². The summed E-state index contributed by atoms with van der Waals surface area (Å²) < 4.78 is 62.5. The van der Waals surface area contributed by atoms with E-state index in [-0.39, 0.29) is 13.2 Å². The van der Waals surface area contributed by atoms with Crippen molar-refractivity contribution in [2.24, 2.45) is 5.16 Å². The molecular formula is C23H22F4N4O6. The zero-order chi connectivity index (χ0) is 27.0. The van der Waals surface area contributed by atoms with Crippen LogP contribution in [0.4, 0.5) is 17.6 Å². The van der Waals surface area contributed by atoms with Gasteiger partial charge in [-0.05, 0) is 12.1 Å². The minimum atomic E-state index is -2.02. The first-order chi connectivity index (χ1) is 17.5. The molecule has 1 aromatic carbocycles. The molecule has 2 bridgehead atoms. The van der Waals surface area contributed by atoms with E-state index in [1.165, 1.54) is 4.90 Å². The Morgan fingerprint density at radius 3 is 2.59 bits per heavy atom. The van der Waals surface area contributed by atoms with Crippen LogP contribution in [0, 0.1) is 17.5 Å². The van der Waals surface area contributed by atoms with Crippen molar-refractivity contribution in [2.75, 3.05) is 20.3 Å². The molecule has 1 unspecified atom stereocenters. The number of benzene rings is 1. The highest BCUT2D eigenvalue weighted by Crippen LogP contribution is 2.32. The van der Waals surface area contributed by atoms with Gasteiger partial charge >= 0.3 is 0 Å². The van der Waals surface area contributed by atoms with Crippen LogP contribution >= 0.6 is 0 Å². The molecule has 2 N–H and O–H groups in total. The second kappa shape index (κ2) is 10.1. The molecule has 2 aliphatic rings. The van der Waals surface area contributed by atoms with E-state index >= 15 is 4.39 Å². The number of nitrogens with zero attached hydrogens (tertiary/aromatic N) is 3. The van der Waals surface area contributed by atoms with Gasteiger partial charge in [-0.15, -0.1) is 0 Å². The van der Waals surface area contributed by atoms with Crippen molar-refractivity contribution in [1.29, 1.82) is 0 Å². The number of nitrogens with one attached hydrogen (secondary N) is 1. The number of carbonyl (C=O) groups is 2. The van der Waals surface area contributed by atoms with Crippen molar-refractivity contribution in [3.63, 3.8) is 0 Å². The van der Waals surface area contributed by atoms with Gasteiger partial charge in [0, 0.05) is 49.4 Å². The number of alkyl halides is 1. The zero-order valence-electron chi connectivity index (χ0n) is 19.6. The van der Waals surface area contributed by atoms with Crippen molar-refractivity contribution in [3.05, 3.63) is 62.8 Å². The van der Waals surface area contributed by atoms with Gasteiger partial charge in [0.05, 0.1) is 13.2 Å². The topological polar surface area (TPSA) is 122 Å². The fourth-order valence-electron chi connectivity index (χ4n) is 4.23. The number of pyridine rings is 1. The first-order valence-corrected chi connectivity index (χ1v) is 11.1. The number of carbonyl (C=O) groups excluding carboxylic acids is 2. The summed E-state index contributed by atoms with van der Waals surface area (Å²) in [6.07, 6.45) is -0.844. The predicted molar refractivity (Wildman–Crippen MR) is 119 cm³/mol. The summed E-state index contributed by atoms with van der Waals surface area (Å²) in [7, 11) is 1.16. The summed E-state index contributed by atoms with van der Waals surface area (Å²) in [5, 5.41) is 16.4. The highest BCUT2D eigenvalue weighted by atomic mass is 19.1. The Balaban J connectivity index is 1.76. The molecule has 0 saturated heterocycles. The molecule has 1 aromatic heterocycles. The van der Waals surface area contributed by atoms with E-state index in [1.807, 2.05) is 0 Å². The van der Waals surface area contributed by atoms with E-state index in [1.54, 1.807) is 6.92 Å². The molecule has 4 rings (SSSR count). The Morgan fingerprint density at radius 2 is 1.95 bits per heavy atom. The van der Waals surface area contributed by atoms with Gasteiger partial charge in [0.25, 0.3) is 17.7 Å². The van der Waals surface area contributed by atoms with Crippen LogP contribution in [0.1, 0.15) is 45.8 Å². The van der Waals surface area contributed by atoms with Gasteiger partial charge in [0.15, 0.2) is 11.4 Å². The Hall–Kier alpha value is -4.10. The Labute approximate surface area is 207 Å². The van der Waals surface area contributed by atoms with Crippen molar-refractivity contribution in [2.45, 2.75) is 38.1 Å². The standard InChI is InChI=1S/C23H22F4N4O6/c1-10-3-4-37-29-22(36-2)17(27)16-9-30(10)23(35)18-20(33)19(32)13(8-31(16)18)21(34)28-7-12-14(25)5-11(24)6-15(12)26/h5-6,8,10,16-17,33H,3-4,7,9H2,1-2H3,(H,28,34)/b29-22+/t10-,16?,17-/m0/s1. The summed E-state index contributed by atoms with van der Waals surface area (Å²) >= 11 is 0. The molecule has 0 saturated carbocycles. The second-order valence-corrected chi connectivity index (χ2v) is 8.54. The van der Waals surface area contributed by atoms with Crippen LogP contribution in [0.15, 0.2) is 28.3 Å². The van der Waals surface area contributed by atoms with Gasteiger partial charge in [-0.3, -0.25) is 14.4 Å². The van der Waals surface area contributed by atoms with Crippen molar-refractivity contribution in [3.8, 4) is 5.75 Å². The third-order valence-corrected chi connectivity index (χ3v) is 6.29. The summed E-state index contributed by atoms with van der Waals surface area (Å²) in [6.45, 7) is 0.735. The van der Waals surface area contributed by atoms with E-state index in [4.69, 9.17) is 9.57 Å². The van der Waals surface area contributed by atoms with Crippen molar-refractivity contribution >= 4 is 17.7 Å². The van der Waals surface area contributed by atoms with Crippen molar-refractivity contribution < 1.29 is 41.8 Å². The number of fused-ring (bicyclic) bond motifs is 4. The molecule has 0 fully saturated rings. The van der Waals surface area contributed by atoms with Crippen molar-refractivity contribution in [1.82, 2.24) is 14.8 Å². The maximum absolute atomic E-state index is 15.6. The number of hydrogen-bond acceptors (Lipinski definition) is 7. The van der Waals surface area contributed by atoms with Gasteiger partial charge in [-0.1, -0.05) is 0 Å². The fourth-order valence-corrected chi connectivity index (χ4v) is 4.23. The number of halogens is 4. The summed E-state index contributed by atoms with van der Waals surface area (Å²) in [5.41, 5.74) is -3.19. The summed E-state index contributed by atoms with van der Waals surface area (Å²) in [6, 6.07) is -0.932. The lowest BCUT2D eigenvalue weighted by Gasteiger charge is -2.40. The monoisotopic (exact) mass is 526 g/mol. The molecule has 2 amide bonds. The number of aromatic hydroxyl groups is 1. The van der Waals surface area contributed by atoms with Gasteiger partial charge in [0.2, 0.25) is 11.6 Å². The lowest BCUT2D eigenvalue weighted by molar-refractivity contribution is 0.0404. The van der Waals surface area contributed by atoms with Gasteiger partial charge in [0.1, 0.15) is 29.6 Å². The van der Waals surface area contributed by atoms with Gasteiger partial charge in [-0.25, -0.2) is 17.6 Å². The van der Waals surface area contributed by atoms with E-state index in [0.717, 1.165) is 17.9 Å². The normalized spacial score (nSPS) is 22.9. The van der Waals surface area contributed by atoms with Crippen LogP contribution in [-0.4, -0.2) is 64.8 Å². The van der Waals surface area contributed by atoms with Crippen LogP contribution in [0.5, 0.6) is 5.75 Å². The van der Waals surface area contributed by atoms with Crippen LogP contribution < -0.4 is 10.7 Å². The molecule has 0 spiro atoms. The number of oxime groups is 1. The molecule has 14 heteroatoms. The third-order valence-electron chi connectivity index (χ3n) is 6.29. The van der Waals surface area contributed by atoms with Gasteiger partial charge < -0.3 is 29.5 Å². The lowest BCUT2D eigenvalue weighted by Crippen LogP contribution is -2.52. The SMILES string of the molecule is CO/C1=N/OCC[C@H](C)N2CC([C@@H]1F)n1cc(C(=O)NCc3c(F)cc(F)cc3F)c(=O)c(O)c1C2=O. The highest BCUT2D eigenvalue weighted by Gasteiger charge is 2.43. The van der Waals surface area contributed by atoms with Crippen LogP contribution in [-0.2, 0) is 16.1 Å². The maximum Gasteiger partial charge on any atom is 0.274 e. The smallest absolute Gasteiger partial charge is 0.274 e. The molecule has 2 aliphatic heterocycles. The minimum absolute atomic E-state index is 0.0440. The number of amides is 2. The Morgan fingerprint density at radius 1 is 1.27 bits per heavy atom. The molecule has 198 valence electrons. The average Bonchev–Trinajstić information content (AvgIpc) is 2.84. The zero-order valence-corrected chi connectivity index (χ0v) is 19.6. The number of aromatic nitrogens is 1. The largest absolute Gasteiger partial charge is 0.503 e. The Kier molecular flexibility index (Phi) is 7.09. The molecule has 2 aromatic rings. The molecule has 10 nitrogen and oxygen atoms in total. The third kappa shape index (κ3) is 4.70. The molecule has 3 heterocycles. The molecular weight excluding hydrogens is 504 g/mol. The van der Waals surface area contributed by atoms with E-state index in [2.05, 4.69) is 10.5 Å². The van der Waals surface area contributed by atoms with E-state index in [9.17, 15) is 32.7 Å².